The summed E-state index contributed by atoms with van der Waals surface area (Å²) < 4.78 is 5.02. The van der Waals surface area contributed by atoms with Crippen molar-refractivity contribution in [2.75, 3.05) is 9.80 Å². The number of hydrogen-bond donors (Lipinski definition) is 0. The third-order valence-corrected chi connectivity index (χ3v) is 19.6. The Kier molecular flexibility index (Phi) is 11.8. The Morgan fingerprint density at radius 1 is 0.261 bits per heavy atom. The zero-order valence-electron chi connectivity index (χ0n) is 49.0. The van der Waals surface area contributed by atoms with E-state index in [0.717, 1.165) is 37.1 Å². The van der Waals surface area contributed by atoms with Crippen molar-refractivity contribution in [3.8, 4) is 33.6 Å². The van der Waals surface area contributed by atoms with Crippen LogP contribution >= 0.6 is 0 Å². The topological polar surface area (TPSA) is 16.3 Å². The van der Waals surface area contributed by atoms with E-state index in [1.165, 1.54) is 180 Å². The number of para-hydroxylation sites is 4. The third kappa shape index (κ3) is 7.91. The van der Waals surface area contributed by atoms with Crippen LogP contribution in [0.2, 0.25) is 0 Å². The molecule has 0 radical (unpaired) electrons. The minimum Gasteiger partial charge on any atom is -0.310 e. The predicted octanol–water partition coefficient (Wildman–Crippen LogP) is 22.8. The molecule has 88 heavy (non-hydrogen) atoms. The van der Waals surface area contributed by atoms with Crippen molar-refractivity contribution in [2.24, 2.45) is 0 Å². The Bertz CT molecular complexity index is 5080. The van der Waals surface area contributed by atoms with Crippen LogP contribution in [0.5, 0.6) is 0 Å². The van der Waals surface area contributed by atoms with Crippen LogP contribution in [0.25, 0.3) is 110 Å². The Morgan fingerprint density at radius 3 is 1.12 bits per heavy atom. The zero-order valence-corrected chi connectivity index (χ0v) is 49.0. The Labute approximate surface area is 512 Å². The molecule has 18 rings (SSSR count). The van der Waals surface area contributed by atoms with Crippen molar-refractivity contribution in [1.82, 2.24) is 9.13 Å². The summed E-state index contributed by atoms with van der Waals surface area (Å²) in [6.45, 7) is 0. The smallest absolute Gasteiger partial charge is 0.0562 e. The minimum atomic E-state index is 1.05. The van der Waals surface area contributed by atoms with Crippen LogP contribution < -0.4 is 9.80 Å². The molecule has 16 aromatic rings. The molecule has 4 heteroatoms. The monoisotopic (exact) mass is 1130 g/mol. The Balaban J connectivity index is 0.873. The number of rotatable bonds is 10. The molecule has 0 saturated carbocycles. The molecule has 2 aliphatic rings. The summed E-state index contributed by atoms with van der Waals surface area (Å²) in [6.07, 6.45) is 9.09. The summed E-state index contributed by atoms with van der Waals surface area (Å²) in [4.78, 5) is 5.24. The van der Waals surface area contributed by atoms with Gasteiger partial charge in [0.2, 0.25) is 0 Å². The summed E-state index contributed by atoms with van der Waals surface area (Å²) in [7, 11) is 0. The molecule has 0 atom stereocenters. The first kappa shape index (κ1) is 50.6. The highest BCUT2D eigenvalue weighted by Gasteiger charge is 2.28. The molecule has 2 aliphatic carbocycles. The van der Waals surface area contributed by atoms with Gasteiger partial charge in [0, 0.05) is 66.2 Å². The van der Waals surface area contributed by atoms with E-state index in [4.69, 9.17) is 0 Å². The van der Waals surface area contributed by atoms with Gasteiger partial charge in [-0.15, -0.1) is 0 Å². The van der Waals surface area contributed by atoms with Gasteiger partial charge in [0.15, 0.2) is 0 Å². The molecule has 0 saturated heterocycles. The van der Waals surface area contributed by atoms with Gasteiger partial charge in [-0.3, -0.25) is 0 Å². The molecule has 0 amide bonds. The van der Waals surface area contributed by atoms with Crippen molar-refractivity contribution in [3.05, 3.63) is 301 Å². The van der Waals surface area contributed by atoms with Gasteiger partial charge in [0.1, 0.15) is 0 Å². The normalized spacial score (nSPS) is 13.3. The van der Waals surface area contributed by atoms with E-state index in [1.54, 1.807) is 0 Å². The third-order valence-electron chi connectivity index (χ3n) is 19.6. The summed E-state index contributed by atoms with van der Waals surface area (Å²) in [5, 5.41) is 12.5. The minimum absolute atomic E-state index is 1.05. The second-order valence-corrected chi connectivity index (χ2v) is 24.4. The van der Waals surface area contributed by atoms with E-state index in [9.17, 15) is 0 Å². The standard InChI is InChI=1S/C84H62N4/c1-3-21-55(22-4-1)65-31-11-15-35-75(65)87-77-37-17-13-33-67(77)69-49-45-61(53-81(69)87)85(73-39-19-27-57-25-7-9-29-63(57)73)79-51-43-59-42-48-72-80(52-44-60-41-47-71(79)83(59)84(60)72)86(74-40-20-28-58-26-8-10-30-64(58)74)62-46-50-70-68-34-14-18-38-78(68)88(82(70)54-62)76-36-16-12-32-66(76)56-23-5-2-6-24-56/h1-6,11-24,27-28,31-54H,7-10,25-26,29-30H2. The van der Waals surface area contributed by atoms with Gasteiger partial charge in [-0.25, -0.2) is 0 Å². The lowest BCUT2D eigenvalue weighted by Gasteiger charge is -2.33. The first-order valence-electron chi connectivity index (χ1n) is 31.6. The van der Waals surface area contributed by atoms with Crippen LogP contribution in [0.3, 0.4) is 0 Å². The van der Waals surface area contributed by atoms with E-state index in [1.807, 2.05) is 0 Å². The Morgan fingerprint density at radius 2 is 0.648 bits per heavy atom. The van der Waals surface area contributed by atoms with Crippen LogP contribution in [-0.4, -0.2) is 9.13 Å². The second-order valence-electron chi connectivity index (χ2n) is 24.4. The lowest BCUT2D eigenvalue weighted by atomic mass is 9.88. The lowest BCUT2D eigenvalue weighted by Crippen LogP contribution is -2.16. The molecule has 2 heterocycles. The van der Waals surface area contributed by atoms with Gasteiger partial charge in [-0.1, -0.05) is 206 Å². The second kappa shape index (κ2) is 20.5. The maximum absolute atomic E-state index is 2.62. The van der Waals surface area contributed by atoms with E-state index >= 15 is 0 Å². The number of benzene rings is 14. The van der Waals surface area contributed by atoms with Crippen molar-refractivity contribution < 1.29 is 0 Å². The average Bonchev–Trinajstić information content (AvgIpc) is 1.65. The van der Waals surface area contributed by atoms with Crippen LogP contribution in [0, 0.1) is 0 Å². The summed E-state index contributed by atoms with van der Waals surface area (Å²) >= 11 is 0. The number of nitrogens with zero attached hydrogens (tertiary/aromatic N) is 4. The number of fused-ring (bicyclic) bond motifs is 8. The molecule has 14 aromatic carbocycles. The first-order valence-corrected chi connectivity index (χ1v) is 31.6. The predicted molar refractivity (Wildman–Crippen MR) is 372 cm³/mol. The fraction of sp³-hybridized carbons (Fsp3) is 0.0952. The van der Waals surface area contributed by atoms with Crippen molar-refractivity contribution in [3.63, 3.8) is 0 Å². The van der Waals surface area contributed by atoms with Gasteiger partial charge < -0.3 is 18.9 Å². The first-order chi connectivity index (χ1) is 43.7. The van der Waals surface area contributed by atoms with Crippen molar-refractivity contribution in [1.29, 1.82) is 0 Å². The molecule has 4 nitrogen and oxygen atoms in total. The molecule has 0 N–H and O–H groups in total. The molecule has 418 valence electrons. The molecule has 0 unspecified atom stereocenters. The molecule has 2 aromatic heterocycles. The lowest BCUT2D eigenvalue weighted by molar-refractivity contribution is 0.686. The SMILES string of the molecule is c1ccc(-c2ccccc2-n2c3ccccc3c3ccc(N(c4cccc5c4CCCC5)c4ccc5ccc6c(N(c7ccc8c9ccccc9n(-c9ccccc9-c9ccccc9)c8c7)c7cccc8c7CCCC8)ccc7ccc4c5c76)cc32)cc1. The van der Waals surface area contributed by atoms with E-state index in [2.05, 4.69) is 298 Å². The maximum atomic E-state index is 2.62. The fourth-order valence-electron chi connectivity index (χ4n) is 15.7. The molecule has 0 bridgehead atoms. The van der Waals surface area contributed by atoms with E-state index in [0.29, 0.717) is 0 Å². The van der Waals surface area contributed by atoms with Gasteiger partial charge in [-0.2, -0.15) is 0 Å². The highest BCUT2D eigenvalue weighted by Crippen LogP contribution is 2.51. The number of aryl methyl sites for hydroxylation is 2. The van der Waals surface area contributed by atoms with Crippen LogP contribution in [0.1, 0.15) is 47.9 Å². The quantitative estimate of drug-likeness (QED) is 0.127. The molecule has 0 spiro atoms. The highest BCUT2D eigenvalue weighted by molar-refractivity contribution is 6.28. The van der Waals surface area contributed by atoms with E-state index < -0.39 is 0 Å². The van der Waals surface area contributed by atoms with Gasteiger partial charge >= 0.3 is 0 Å². The van der Waals surface area contributed by atoms with Gasteiger partial charge in [-0.05, 0) is 179 Å². The molecular weight excluding hydrogens is 1060 g/mol. The Hall–Kier alpha value is -10.7. The maximum Gasteiger partial charge on any atom is 0.0562 e. The fourth-order valence-corrected chi connectivity index (χ4v) is 15.7. The summed E-state index contributed by atoms with van der Waals surface area (Å²) in [6, 6.07) is 105. The molecular formula is C84H62N4. The van der Waals surface area contributed by atoms with Gasteiger partial charge in [0.25, 0.3) is 0 Å². The van der Waals surface area contributed by atoms with Crippen LogP contribution in [-0.2, 0) is 25.7 Å². The largest absolute Gasteiger partial charge is 0.310 e. The average molecular weight is 1130 g/mol. The van der Waals surface area contributed by atoms with E-state index in [-0.39, 0.29) is 0 Å². The van der Waals surface area contributed by atoms with Crippen molar-refractivity contribution in [2.45, 2.75) is 51.4 Å². The summed E-state index contributed by atoms with van der Waals surface area (Å²) in [5.74, 6) is 0. The molecule has 0 fully saturated rings. The highest BCUT2D eigenvalue weighted by atomic mass is 15.2. The summed E-state index contributed by atoms with van der Waals surface area (Å²) in [5.41, 5.74) is 24.9. The van der Waals surface area contributed by atoms with Crippen molar-refractivity contribution >= 4 is 110 Å². The van der Waals surface area contributed by atoms with Crippen LogP contribution in [0.4, 0.5) is 34.1 Å². The van der Waals surface area contributed by atoms with Crippen LogP contribution in [0.15, 0.2) is 279 Å². The van der Waals surface area contributed by atoms with Gasteiger partial charge in [0.05, 0.1) is 44.8 Å². The zero-order chi connectivity index (χ0) is 57.8. The number of aromatic nitrogens is 2. The molecule has 0 aliphatic heterocycles. The number of anilines is 6. The number of hydrogen-bond acceptors (Lipinski definition) is 2.